The van der Waals surface area contributed by atoms with E-state index in [1.165, 1.54) is 6.92 Å². The van der Waals surface area contributed by atoms with Crippen LogP contribution in [0.2, 0.25) is 0 Å². The first-order valence-corrected chi connectivity index (χ1v) is 7.53. The lowest BCUT2D eigenvalue weighted by molar-refractivity contribution is -0.170. The molecule has 0 radical (unpaired) electrons. The van der Waals surface area contributed by atoms with Crippen LogP contribution in [0.1, 0.15) is 33.3 Å². The second-order valence-corrected chi connectivity index (χ2v) is 7.34. The van der Waals surface area contributed by atoms with Gasteiger partial charge in [-0.2, -0.15) is 0 Å². The highest BCUT2D eigenvalue weighted by molar-refractivity contribution is 14.1. The van der Waals surface area contributed by atoms with Gasteiger partial charge >= 0.3 is 11.9 Å². The van der Waals surface area contributed by atoms with Gasteiger partial charge in [0.15, 0.2) is 5.92 Å². The Kier molecular flexibility index (Phi) is 5.38. The Morgan fingerprint density at radius 3 is 2.05 bits per heavy atom. The van der Waals surface area contributed by atoms with Crippen molar-refractivity contribution in [1.82, 2.24) is 0 Å². The Labute approximate surface area is 138 Å². The highest BCUT2D eigenvalue weighted by Crippen LogP contribution is 2.30. The maximum absolute atomic E-state index is 12.2. The highest BCUT2D eigenvalue weighted by atomic mass is 127. The van der Waals surface area contributed by atoms with Crippen LogP contribution in [0.4, 0.5) is 0 Å². The minimum Gasteiger partial charge on any atom is -0.481 e. The number of carbonyl (C=O) groups excluding carboxylic acids is 1. The molecule has 3 N–H and O–H groups in total. The number of esters is 1. The molecule has 2 unspecified atom stereocenters. The van der Waals surface area contributed by atoms with Crippen molar-refractivity contribution in [3.8, 4) is 0 Å². The molecule has 0 saturated carbocycles. The lowest BCUT2D eigenvalue weighted by atomic mass is 9.80. The molecule has 0 heterocycles. The summed E-state index contributed by atoms with van der Waals surface area (Å²) in [5, 5.41) is 9.41. The van der Waals surface area contributed by atoms with Crippen LogP contribution in [0, 0.1) is 9.49 Å². The van der Waals surface area contributed by atoms with Crippen LogP contribution in [0.3, 0.4) is 0 Å². The first-order valence-electron chi connectivity index (χ1n) is 6.46. The SMILES string of the molecule is CC(C)(C)OC(=O)C(C(=O)O)C(C)(N)c1ccc(I)cc1. The van der Waals surface area contributed by atoms with Gasteiger partial charge in [-0.1, -0.05) is 12.1 Å². The third kappa shape index (κ3) is 4.67. The minimum atomic E-state index is -1.48. The number of carboxylic acid groups (broad SMARTS) is 1. The lowest BCUT2D eigenvalue weighted by Crippen LogP contribution is -2.50. The summed E-state index contributed by atoms with van der Waals surface area (Å²) in [7, 11) is 0. The summed E-state index contributed by atoms with van der Waals surface area (Å²) in [4.78, 5) is 23.7. The van der Waals surface area contributed by atoms with E-state index in [2.05, 4.69) is 22.6 Å². The second kappa shape index (κ2) is 6.31. The van der Waals surface area contributed by atoms with Crippen molar-refractivity contribution < 1.29 is 19.4 Å². The summed E-state index contributed by atoms with van der Waals surface area (Å²) < 4.78 is 6.19. The Morgan fingerprint density at radius 1 is 1.19 bits per heavy atom. The standard InChI is InChI=1S/C15H20INO4/c1-14(2,3)21-13(20)11(12(18)19)15(4,17)9-5-7-10(16)8-6-9/h5-8,11H,17H2,1-4H3,(H,18,19). The van der Waals surface area contributed by atoms with Crippen molar-refractivity contribution >= 4 is 34.5 Å². The number of benzene rings is 1. The molecular weight excluding hydrogens is 385 g/mol. The predicted octanol–water partition coefficient (Wildman–Crippen LogP) is 2.51. The third-order valence-electron chi connectivity index (χ3n) is 2.96. The van der Waals surface area contributed by atoms with Gasteiger partial charge in [-0.3, -0.25) is 9.59 Å². The smallest absolute Gasteiger partial charge is 0.323 e. The fourth-order valence-electron chi connectivity index (χ4n) is 1.94. The van der Waals surface area contributed by atoms with Gasteiger partial charge in [0, 0.05) is 3.57 Å². The maximum Gasteiger partial charge on any atom is 0.323 e. The van der Waals surface area contributed by atoms with E-state index in [0.717, 1.165) is 3.57 Å². The van der Waals surface area contributed by atoms with E-state index in [0.29, 0.717) is 5.56 Å². The molecule has 116 valence electrons. The zero-order chi connectivity index (χ0) is 16.4. The zero-order valence-electron chi connectivity index (χ0n) is 12.5. The van der Waals surface area contributed by atoms with Crippen molar-refractivity contribution in [1.29, 1.82) is 0 Å². The first kappa shape index (κ1) is 17.9. The molecule has 0 amide bonds. The van der Waals surface area contributed by atoms with Crippen LogP contribution >= 0.6 is 22.6 Å². The second-order valence-electron chi connectivity index (χ2n) is 6.09. The summed E-state index contributed by atoms with van der Waals surface area (Å²) in [6.07, 6.45) is 0. The zero-order valence-corrected chi connectivity index (χ0v) is 14.7. The lowest BCUT2D eigenvalue weighted by Gasteiger charge is -2.32. The summed E-state index contributed by atoms with van der Waals surface area (Å²) in [5.41, 5.74) is 4.61. The van der Waals surface area contributed by atoms with Crippen LogP contribution in [0.5, 0.6) is 0 Å². The molecular formula is C15H20INO4. The monoisotopic (exact) mass is 405 g/mol. The molecule has 1 aromatic rings. The van der Waals surface area contributed by atoms with Gasteiger partial charge in [-0.15, -0.1) is 0 Å². The minimum absolute atomic E-state index is 0.571. The quantitative estimate of drug-likeness (QED) is 0.457. The molecule has 5 nitrogen and oxygen atoms in total. The number of nitrogens with two attached hydrogens (primary N) is 1. The van der Waals surface area contributed by atoms with Crippen molar-refractivity contribution in [3.05, 3.63) is 33.4 Å². The van der Waals surface area contributed by atoms with Gasteiger partial charge in [0.05, 0.1) is 5.54 Å². The largest absolute Gasteiger partial charge is 0.481 e. The van der Waals surface area contributed by atoms with E-state index in [-0.39, 0.29) is 0 Å². The topological polar surface area (TPSA) is 89.6 Å². The molecule has 0 aliphatic rings. The third-order valence-corrected chi connectivity index (χ3v) is 3.67. The van der Waals surface area contributed by atoms with Crippen molar-refractivity contribution in [2.24, 2.45) is 11.7 Å². The van der Waals surface area contributed by atoms with Crippen LogP contribution < -0.4 is 5.73 Å². The molecule has 0 aliphatic carbocycles. The van der Waals surface area contributed by atoms with Crippen LogP contribution in [0.25, 0.3) is 0 Å². The Balaban J connectivity index is 3.17. The number of carbonyl (C=O) groups is 2. The fraction of sp³-hybridized carbons (Fsp3) is 0.467. The van der Waals surface area contributed by atoms with E-state index >= 15 is 0 Å². The van der Waals surface area contributed by atoms with Crippen molar-refractivity contribution in [2.45, 2.75) is 38.8 Å². The Hall–Kier alpha value is -1.15. The number of ether oxygens (including phenoxy) is 1. The molecule has 0 fully saturated rings. The van der Waals surface area contributed by atoms with Gasteiger partial charge in [0.2, 0.25) is 0 Å². The average molecular weight is 405 g/mol. The van der Waals surface area contributed by atoms with Gasteiger partial charge in [-0.25, -0.2) is 0 Å². The van der Waals surface area contributed by atoms with E-state index in [1.54, 1.807) is 32.9 Å². The molecule has 0 aromatic heterocycles. The predicted molar refractivity (Wildman–Crippen MR) is 87.7 cm³/mol. The summed E-state index contributed by atoms with van der Waals surface area (Å²) in [6, 6.07) is 7.08. The summed E-state index contributed by atoms with van der Waals surface area (Å²) >= 11 is 2.14. The molecule has 0 aliphatic heterocycles. The first-order chi connectivity index (χ1) is 9.45. The molecule has 2 atom stereocenters. The van der Waals surface area contributed by atoms with Crippen molar-refractivity contribution in [3.63, 3.8) is 0 Å². The number of hydrogen-bond donors (Lipinski definition) is 2. The van der Waals surface area contributed by atoms with Gasteiger partial charge < -0.3 is 15.6 Å². The molecule has 0 spiro atoms. The van der Waals surface area contributed by atoms with E-state index in [4.69, 9.17) is 10.5 Å². The van der Waals surface area contributed by atoms with Crippen LogP contribution in [0.15, 0.2) is 24.3 Å². The number of halogens is 1. The Morgan fingerprint density at radius 2 is 1.67 bits per heavy atom. The van der Waals surface area contributed by atoms with E-state index in [1.807, 2.05) is 12.1 Å². The maximum atomic E-state index is 12.2. The number of hydrogen-bond acceptors (Lipinski definition) is 4. The van der Waals surface area contributed by atoms with Crippen molar-refractivity contribution in [2.75, 3.05) is 0 Å². The van der Waals surface area contributed by atoms with E-state index in [9.17, 15) is 14.7 Å². The molecule has 1 rings (SSSR count). The van der Waals surface area contributed by atoms with Gasteiger partial charge in [-0.05, 0) is 68.0 Å². The van der Waals surface area contributed by atoms with Crippen LogP contribution in [-0.4, -0.2) is 22.6 Å². The number of aliphatic carboxylic acids is 1. The van der Waals surface area contributed by atoms with Crippen LogP contribution in [-0.2, 0) is 19.9 Å². The molecule has 6 heteroatoms. The highest BCUT2D eigenvalue weighted by Gasteiger charge is 2.45. The normalized spacial score (nSPS) is 15.9. The summed E-state index contributed by atoms with van der Waals surface area (Å²) in [5.74, 6) is -3.61. The van der Waals surface area contributed by atoms with E-state index < -0.39 is 29.0 Å². The molecule has 21 heavy (non-hydrogen) atoms. The fourth-order valence-corrected chi connectivity index (χ4v) is 2.30. The van der Waals surface area contributed by atoms with Gasteiger partial charge in [0.25, 0.3) is 0 Å². The molecule has 0 saturated heterocycles. The summed E-state index contributed by atoms with van der Waals surface area (Å²) in [6.45, 7) is 6.57. The Bertz CT molecular complexity index is 532. The number of carboxylic acids is 1. The van der Waals surface area contributed by atoms with Gasteiger partial charge in [0.1, 0.15) is 5.60 Å². The molecule has 0 bridgehead atoms. The number of rotatable bonds is 4. The average Bonchev–Trinajstić information content (AvgIpc) is 2.25. The molecule has 1 aromatic carbocycles.